The molecule has 2 rings (SSSR count). The Morgan fingerprint density at radius 1 is 1.35 bits per heavy atom. The molecule has 0 fully saturated rings. The predicted molar refractivity (Wildman–Crippen MR) is 70.9 cm³/mol. The van der Waals surface area contributed by atoms with Gasteiger partial charge in [0.05, 0.1) is 5.69 Å². The molecule has 0 unspecified atom stereocenters. The Bertz CT molecular complexity index is 500. The largest absolute Gasteiger partial charge is 0.346 e. The minimum Gasteiger partial charge on any atom is -0.346 e. The fourth-order valence-electron chi connectivity index (χ4n) is 2.08. The topological polar surface area (TPSA) is 54.7 Å². The van der Waals surface area contributed by atoms with Crippen molar-refractivity contribution in [1.82, 2.24) is 9.97 Å². The van der Waals surface area contributed by atoms with E-state index in [1.54, 1.807) is 0 Å². The van der Waals surface area contributed by atoms with Crippen LogP contribution < -0.4 is 5.73 Å². The summed E-state index contributed by atoms with van der Waals surface area (Å²) in [6.45, 7) is 4.82. The van der Waals surface area contributed by atoms with E-state index in [4.69, 9.17) is 5.73 Å². The number of nitrogens with one attached hydrogen (secondary N) is 1. The lowest BCUT2D eigenvalue weighted by Gasteiger charge is -2.03. The Morgan fingerprint density at radius 2 is 2.18 bits per heavy atom. The van der Waals surface area contributed by atoms with Crippen molar-refractivity contribution < 1.29 is 0 Å². The fourth-order valence-corrected chi connectivity index (χ4v) is 2.08. The Morgan fingerprint density at radius 3 is 2.88 bits per heavy atom. The summed E-state index contributed by atoms with van der Waals surface area (Å²) in [7, 11) is 0. The van der Waals surface area contributed by atoms with E-state index in [0.29, 0.717) is 6.54 Å². The molecule has 3 heteroatoms. The number of rotatable bonds is 4. The zero-order valence-electron chi connectivity index (χ0n) is 10.5. The molecule has 0 spiro atoms. The number of imidazole rings is 1. The molecule has 1 heterocycles. The van der Waals surface area contributed by atoms with Crippen LogP contribution >= 0.6 is 0 Å². The van der Waals surface area contributed by atoms with E-state index in [0.717, 1.165) is 24.4 Å². The van der Waals surface area contributed by atoms with Gasteiger partial charge in [0.25, 0.3) is 0 Å². The summed E-state index contributed by atoms with van der Waals surface area (Å²) in [4.78, 5) is 7.87. The molecule has 0 atom stereocenters. The van der Waals surface area contributed by atoms with Gasteiger partial charge in [0.15, 0.2) is 0 Å². The molecule has 0 bridgehead atoms. The van der Waals surface area contributed by atoms with E-state index < -0.39 is 0 Å². The van der Waals surface area contributed by atoms with E-state index in [-0.39, 0.29) is 0 Å². The molecule has 1 aromatic carbocycles. The summed E-state index contributed by atoms with van der Waals surface area (Å²) >= 11 is 0. The lowest BCUT2D eigenvalue weighted by molar-refractivity contribution is 0.969. The normalized spacial score (nSPS) is 10.8. The second-order valence-corrected chi connectivity index (χ2v) is 4.24. The highest BCUT2D eigenvalue weighted by Crippen LogP contribution is 2.23. The van der Waals surface area contributed by atoms with Crippen molar-refractivity contribution in [2.45, 2.75) is 26.7 Å². The van der Waals surface area contributed by atoms with Crippen LogP contribution in [0.4, 0.5) is 0 Å². The number of hydrogen-bond acceptors (Lipinski definition) is 2. The average molecular weight is 229 g/mol. The van der Waals surface area contributed by atoms with Gasteiger partial charge in [-0.05, 0) is 37.9 Å². The zero-order chi connectivity index (χ0) is 12.3. The molecule has 3 N–H and O–H groups in total. The molecule has 1 aromatic heterocycles. The van der Waals surface area contributed by atoms with Crippen molar-refractivity contribution in [2.24, 2.45) is 5.73 Å². The summed E-state index contributed by atoms with van der Waals surface area (Å²) in [5.74, 6) is 0.973. The molecule has 0 saturated carbocycles. The van der Waals surface area contributed by atoms with E-state index in [9.17, 15) is 0 Å². The quantitative estimate of drug-likeness (QED) is 0.846. The number of hydrogen-bond donors (Lipinski definition) is 2. The first-order chi connectivity index (χ1) is 8.24. The van der Waals surface area contributed by atoms with Crippen molar-refractivity contribution in [1.29, 1.82) is 0 Å². The third kappa shape index (κ3) is 2.56. The zero-order valence-corrected chi connectivity index (χ0v) is 10.5. The minimum atomic E-state index is 0.684. The summed E-state index contributed by atoms with van der Waals surface area (Å²) in [5, 5.41) is 0. The first-order valence-electron chi connectivity index (χ1n) is 6.09. The summed E-state index contributed by atoms with van der Waals surface area (Å²) in [6.07, 6.45) is 1.88. The molecule has 0 saturated heterocycles. The molecule has 0 radical (unpaired) electrons. The van der Waals surface area contributed by atoms with Crippen LogP contribution in [0, 0.1) is 6.92 Å². The van der Waals surface area contributed by atoms with Gasteiger partial charge in [-0.15, -0.1) is 0 Å². The lowest BCUT2D eigenvalue weighted by Crippen LogP contribution is -2.02. The van der Waals surface area contributed by atoms with Crippen LogP contribution in [0.5, 0.6) is 0 Å². The number of aromatic nitrogens is 2. The van der Waals surface area contributed by atoms with Crippen molar-refractivity contribution in [3.8, 4) is 11.3 Å². The van der Waals surface area contributed by atoms with E-state index in [2.05, 4.69) is 41.2 Å². The van der Waals surface area contributed by atoms with Gasteiger partial charge in [-0.1, -0.05) is 25.1 Å². The SMILES string of the molecule is CCc1[nH]c(C)nc1-c1cccc(CCN)c1. The second kappa shape index (κ2) is 5.15. The summed E-state index contributed by atoms with van der Waals surface area (Å²) in [6, 6.07) is 8.47. The first-order valence-corrected chi connectivity index (χ1v) is 6.09. The number of nitrogens with two attached hydrogens (primary N) is 1. The molecule has 0 amide bonds. The molecule has 0 aliphatic rings. The third-order valence-electron chi connectivity index (χ3n) is 2.88. The lowest BCUT2D eigenvalue weighted by atomic mass is 10.0. The van der Waals surface area contributed by atoms with Crippen molar-refractivity contribution in [3.63, 3.8) is 0 Å². The van der Waals surface area contributed by atoms with Crippen LogP contribution in [0.3, 0.4) is 0 Å². The monoisotopic (exact) mass is 229 g/mol. The smallest absolute Gasteiger partial charge is 0.103 e. The number of benzene rings is 1. The standard InChI is InChI=1S/C14H19N3/c1-3-13-14(17-10(2)16-13)12-6-4-5-11(9-12)7-8-15/h4-6,9H,3,7-8,15H2,1-2H3,(H,16,17). The molecule has 17 heavy (non-hydrogen) atoms. The minimum absolute atomic E-state index is 0.684. The van der Waals surface area contributed by atoms with E-state index in [1.165, 1.54) is 16.8 Å². The average Bonchev–Trinajstić information content (AvgIpc) is 2.71. The highest BCUT2D eigenvalue weighted by atomic mass is 14.9. The maximum atomic E-state index is 5.59. The molecule has 90 valence electrons. The van der Waals surface area contributed by atoms with Crippen molar-refractivity contribution in [3.05, 3.63) is 41.3 Å². The molecule has 3 nitrogen and oxygen atoms in total. The van der Waals surface area contributed by atoms with E-state index >= 15 is 0 Å². The Labute approximate surface area is 102 Å². The van der Waals surface area contributed by atoms with Gasteiger partial charge < -0.3 is 10.7 Å². The fraction of sp³-hybridized carbons (Fsp3) is 0.357. The van der Waals surface area contributed by atoms with Gasteiger partial charge >= 0.3 is 0 Å². The first kappa shape index (κ1) is 11.9. The van der Waals surface area contributed by atoms with Gasteiger partial charge in [-0.2, -0.15) is 0 Å². The third-order valence-corrected chi connectivity index (χ3v) is 2.88. The second-order valence-electron chi connectivity index (χ2n) is 4.24. The molecular weight excluding hydrogens is 210 g/mol. The number of aromatic amines is 1. The van der Waals surface area contributed by atoms with Crippen molar-refractivity contribution in [2.75, 3.05) is 6.54 Å². The number of H-pyrrole nitrogens is 1. The van der Waals surface area contributed by atoms with Gasteiger partial charge in [0.1, 0.15) is 5.82 Å². The summed E-state index contributed by atoms with van der Waals surface area (Å²) < 4.78 is 0. The Kier molecular flexibility index (Phi) is 3.59. The van der Waals surface area contributed by atoms with Gasteiger partial charge in [-0.25, -0.2) is 4.98 Å². The van der Waals surface area contributed by atoms with Crippen LogP contribution in [-0.2, 0) is 12.8 Å². The van der Waals surface area contributed by atoms with Gasteiger partial charge in [-0.3, -0.25) is 0 Å². The molecule has 2 aromatic rings. The van der Waals surface area contributed by atoms with Crippen LogP contribution in [0.1, 0.15) is 24.0 Å². The molecule has 0 aliphatic heterocycles. The Hall–Kier alpha value is -1.61. The van der Waals surface area contributed by atoms with E-state index in [1.807, 2.05) is 6.92 Å². The van der Waals surface area contributed by atoms with Crippen molar-refractivity contribution >= 4 is 0 Å². The highest BCUT2D eigenvalue weighted by molar-refractivity contribution is 5.63. The van der Waals surface area contributed by atoms with Crippen LogP contribution in [-0.4, -0.2) is 16.5 Å². The van der Waals surface area contributed by atoms with Crippen LogP contribution in [0.2, 0.25) is 0 Å². The predicted octanol–water partition coefficient (Wildman–Crippen LogP) is 2.45. The Balaban J connectivity index is 2.41. The maximum absolute atomic E-state index is 5.59. The van der Waals surface area contributed by atoms with Gasteiger partial charge in [0, 0.05) is 11.3 Å². The molecular formula is C14H19N3. The van der Waals surface area contributed by atoms with Crippen LogP contribution in [0.25, 0.3) is 11.3 Å². The summed E-state index contributed by atoms with van der Waals surface area (Å²) in [5.41, 5.74) is 10.3. The number of aryl methyl sites for hydroxylation is 2. The maximum Gasteiger partial charge on any atom is 0.103 e. The van der Waals surface area contributed by atoms with Gasteiger partial charge in [0.2, 0.25) is 0 Å². The molecule has 0 aliphatic carbocycles. The van der Waals surface area contributed by atoms with Crippen LogP contribution in [0.15, 0.2) is 24.3 Å². The highest BCUT2D eigenvalue weighted by Gasteiger charge is 2.09. The number of nitrogens with zero attached hydrogens (tertiary/aromatic N) is 1.